The molecule has 1 aromatic rings. The highest BCUT2D eigenvalue weighted by Gasteiger charge is 2.33. The Morgan fingerprint density at radius 1 is 1.03 bits per heavy atom. The summed E-state index contributed by atoms with van der Waals surface area (Å²) in [5.41, 5.74) is 3.24. The van der Waals surface area contributed by atoms with Gasteiger partial charge in [0, 0.05) is 18.9 Å². The van der Waals surface area contributed by atoms with Crippen LogP contribution in [0.2, 0.25) is 12.6 Å². The average Bonchev–Trinajstić information content (AvgIpc) is 2.85. The summed E-state index contributed by atoms with van der Waals surface area (Å²) in [4.78, 5) is 12.1. The minimum Gasteiger partial charge on any atom is -0.485 e. The Balaban J connectivity index is 1.47. The third-order valence-corrected chi connectivity index (χ3v) is 10.3. The maximum Gasteiger partial charge on any atom is 0.355 e. The van der Waals surface area contributed by atoms with Crippen LogP contribution in [0, 0.1) is 5.92 Å². The summed E-state index contributed by atoms with van der Waals surface area (Å²) in [5.74, 6) is 2.14. The predicted octanol–water partition coefficient (Wildman–Crippen LogP) is 7.66. The van der Waals surface area contributed by atoms with Crippen molar-refractivity contribution in [2.24, 2.45) is 5.92 Å². The number of hydroxylamine groups is 1. The van der Waals surface area contributed by atoms with E-state index in [1.165, 1.54) is 82.4 Å². The molecular formula is C28H49NO4SSi. The molecule has 2 atom stereocenters. The van der Waals surface area contributed by atoms with Gasteiger partial charge in [0.2, 0.25) is 5.12 Å². The van der Waals surface area contributed by atoms with E-state index < -0.39 is 8.56 Å². The fourth-order valence-corrected chi connectivity index (χ4v) is 7.43. The van der Waals surface area contributed by atoms with Crippen LogP contribution in [0.1, 0.15) is 90.4 Å². The van der Waals surface area contributed by atoms with Gasteiger partial charge < -0.3 is 13.7 Å². The molecule has 1 heterocycles. The third-order valence-electron chi connectivity index (χ3n) is 6.70. The summed E-state index contributed by atoms with van der Waals surface area (Å²) in [5, 5.41) is 0.0631. The van der Waals surface area contributed by atoms with Crippen molar-refractivity contribution >= 4 is 25.4 Å². The zero-order valence-electron chi connectivity index (χ0n) is 22.2. The van der Waals surface area contributed by atoms with E-state index in [-0.39, 0.29) is 11.7 Å². The van der Waals surface area contributed by atoms with E-state index in [0.717, 1.165) is 43.5 Å². The van der Waals surface area contributed by atoms with E-state index in [2.05, 4.69) is 19.0 Å². The Morgan fingerprint density at radius 3 is 2.43 bits per heavy atom. The monoisotopic (exact) mass is 523 g/mol. The lowest BCUT2D eigenvalue weighted by Crippen LogP contribution is -2.47. The number of ether oxygens (including phenoxy) is 1. The first-order valence-corrected chi connectivity index (χ1v) is 17.5. The van der Waals surface area contributed by atoms with Gasteiger partial charge in [-0.1, -0.05) is 101 Å². The minimum absolute atomic E-state index is 0.0631. The molecule has 1 aliphatic rings. The average molecular weight is 524 g/mol. The highest BCUT2D eigenvalue weighted by atomic mass is 32.2. The number of thioether (sulfide) groups is 1. The molecule has 0 saturated carbocycles. The lowest BCUT2D eigenvalue weighted by Gasteiger charge is -2.31. The van der Waals surface area contributed by atoms with Crippen LogP contribution in [0.25, 0.3) is 0 Å². The largest absolute Gasteiger partial charge is 0.485 e. The van der Waals surface area contributed by atoms with Crippen molar-refractivity contribution < 1.29 is 18.5 Å². The van der Waals surface area contributed by atoms with Crippen LogP contribution < -0.4 is 10.2 Å². The van der Waals surface area contributed by atoms with Gasteiger partial charge >= 0.3 is 8.56 Å². The number of rotatable bonds is 18. The van der Waals surface area contributed by atoms with Crippen LogP contribution in [-0.4, -0.2) is 39.2 Å². The molecule has 1 N–H and O–H groups in total. The Hall–Kier alpha value is -0.863. The molecule has 0 bridgehead atoms. The third kappa shape index (κ3) is 15.1. The van der Waals surface area contributed by atoms with Gasteiger partial charge in [0.15, 0.2) is 6.61 Å². The second kappa shape index (κ2) is 19.3. The van der Waals surface area contributed by atoms with Gasteiger partial charge in [-0.2, -0.15) is 0 Å². The molecule has 0 aromatic heterocycles. The summed E-state index contributed by atoms with van der Waals surface area (Å²) < 4.78 is 17.8. The molecule has 7 heteroatoms. The number of para-hydroxylation sites is 1. The summed E-state index contributed by atoms with van der Waals surface area (Å²) in [6, 6.07) is 10.4. The molecule has 1 fully saturated rings. The first kappa shape index (κ1) is 30.4. The van der Waals surface area contributed by atoms with Crippen molar-refractivity contribution in [1.82, 2.24) is 5.48 Å². The van der Waals surface area contributed by atoms with Gasteiger partial charge in [0.05, 0.1) is 0 Å². The summed E-state index contributed by atoms with van der Waals surface area (Å²) in [6.07, 6.45) is 17.1. The van der Waals surface area contributed by atoms with E-state index in [0.29, 0.717) is 5.92 Å². The highest BCUT2D eigenvalue weighted by molar-refractivity contribution is 8.13. The summed E-state index contributed by atoms with van der Waals surface area (Å²) in [7, 11) is -2.22. The minimum atomic E-state index is -2.22. The molecule has 0 spiro atoms. The fraction of sp³-hybridized carbons (Fsp3) is 0.750. The van der Waals surface area contributed by atoms with E-state index in [1.807, 2.05) is 30.3 Å². The Labute approximate surface area is 219 Å². The molecule has 1 aromatic carbocycles. The van der Waals surface area contributed by atoms with E-state index >= 15 is 0 Å². The zero-order chi connectivity index (χ0) is 25.0. The first-order valence-electron chi connectivity index (χ1n) is 14.0. The van der Waals surface area contributed by atoms with Crippen molar-refractivity contribution in [3.05, 3.63) is 30.3 Å². The molecule has 0 aliphatic carbocycles. The SMILES string of the molecule is CCCCCCCCCCCCC1CCO[Si](C)(CCCSC(=O)COc2ccccc2)ONC1. The number of unbranched alkanes of at least 4 members (excludes halogenated alkanes) is 9. The van der Waals surface area contributed by atoms with Crippen LogP contribution in [-0.2, 0) is 13.7 Å². The zero-order valence-corrected chi connectivity index (χ0v) is 24.0. The molecule has 5 nitrogen and oxygen atoms in total. The highest BCUT2D eigenvalue weighted by Crippen LogP contribution is 2.23. The van der Waals surface area contributed by atoms with Crippen molar-refractivity contribution in [2.45, 2.75) is 103 Å². The van der Waals surface area contributed by atoms with Crippen LogP contribution in [0.5, 0.6) is 5.75 Å². The van der Waals surface area contributed by atoms with Gasteiger partial charge in [-0.05, 0) is 49.9 Å². The quantitative estimate of drug-likeness (QED) is 0.157. The van der Waals surface area contributed by atoms with E-state index in [1.54, 1.807) is 0 Å². The Kier molecular flexibility index (Phi) is 16.7. The molecule has 1 saturated heterocycles. The van der Waals surface area contributed by atoms with Crippen molar-refractivity contribution in [1.29, 1.82) is 0 Å². The number of carbonyl (C=O) groups is 1. The topological polar surface area (TPSA) is 56.8 Å². The van der Waals surface area contributed by atoms with Gasteiger partial charge in [-0.15, -0.1) is 0 Å². The van der Waals surface area contributed by atoms with Crippen molar-refractivity contribution in [3.63, 3.8) is 0 Å². The smallest absolute Gasteiger partial charge is 0.355 e. The van der Waals surface area contributed by atoms with Crippen LogP contribution in [0.15, 0.2) is 30.3 Å². The molecule has 0 amide bonds. The normalized spacial score (nSPS) is 20.8. The summed E-state index contributed by atoms with van der Waals surface area (Å²) in [6.45, 7) is 6.24. The predicted molar refractivity (Wildman–Crippen MR) is 150 cm³/mol. The Morgan fingerprint density at radius 2 is 1.71 bits per heavy atom. The molecule has 2 rings (SSSR count). The maximum atomic E-state index is 12.1. The second-order valence-corrected chi connectivity index (χ2v) is 14.4. The standard InChI is InChI=1S/C28H49NO4SSi/c1-3-4-5-6-7-8-9-10-11-13-17-26-20-21-32-35(2,33-29-24-26)23-16-22-34-28(30)25-31-27-18-14-12-15-19-27/h12,14-15,18-19,26,29H,3-11,13,16-17,20-25H2,1-2H3. The Bertz CT molecular complexity index is 654. The van der Waals surface area contributed by atoms with Gasteiger partial charge in [0.1, 0.15) is 5.75 Å². The van der Waals surface area contributed by atoms with Gasteiger partial charge in [0.25, 0.3) is 0 Å². The molecule has 35 heavy (non-hydrogen) atoms. The number of benzene rings is 1. The van der Waals surface area contributed by atoms with Crippen LogP contribution >= 0.6 is 11.8 Å². The molecule has 0 radical (unpaired) electrons. The van der Waals surface area contributed by atoms with E-state index in [9.17, 15) is 4.79 Å². The molecule has 200 valence electrons. The second-order valence-electron chi connectivity index (χ2n) is 9.98. The first-order chi connectivity index (χ1) is 17.1. The lowest BCUT2D eigenvalue weighted by atomic mass is 9.97. The number of hydrogen-bond donors (Lipinski definition) is 1. The number of hydrogen-bond acceptors (Lipinski definition) is 6. The summed E-state index contributed by atoms with van der Waals surface area (Å²) >= 11 is 1.34. The fourth-order valence-electron chi connectivity index (χ4n) is 4.46. The van der Waals surface area contributed by atoms with Crippen LogP contribution in [0.4, 0.5) is 0 Å². The lowest BCUT2D eigenvalue weighted by molar-refractivity contribution is -0.112. The van der Waals surface area contributed by atoms with Crippen molar-refractivity contribution in [2.75, 3.05) is 25.5 Å². The molecular weight excluding hydrogens is 474 g/mol. The number of carbonyl (C=O) groups excluding carboxylic acids is 1. The van der Waals surface area contributed by atoms with Gasteiger partial charge in [-0.25, -0.2) is 5.48 Å². The van der Waals surface area contributed by atoms with Crippen LogP contribution in [0.3, 0.4) is 0 Å². The maximum absolute atomic E-state index is 12.1. The van der Waals surface area contributed by atoms with E-state index in [4.69, 9.17) is 13.7 Å². The molecule has 2 unspecified atom stereocenters. The number of nitrogens with one attached hydrogen (secondary N) is 1. The van der Waals surface area contributed by atoms with Gasteiger partial charge in [-0.3, -0.25) is 4.79 Å². The molecule has 1 aliphatic heterocycles. The van der Waals surface area contributed by atoms with Crippen molar-refractivity contribution in [3.8, 4) is 5.75 Å².